The molecule has 1 fully saturated rings. The van der Waals surface area contributed by atoms with Gasteiger partial charge in [-0.3, -0.25) is 10.1 Å². The predicted octanol–water partition coefficient (Wildman–Crippen LogP) is 4.80. The number of methoxy groups -OCH3 is 1. The molecular weight excluding hydrogens is 348 g/mol. The molecule has 0 heterocycles. The number of anilines is 1. The molecule has 2 atom stereocenters. The van der Waals surface area contributed by atoms with Gasteiger partial charge < -0.3 is 14.8 Å². The van der Waals surface area contributed by atoms with Gasteiger partial charge in [-0.05, 0) is 44.4 Å². The van der Waals surface area contributed by atoms with E-state index in [2.05, 4.69) is 26.1 Å². The molecule has 0 bridgehead atoms. The van der Waals surface area contributed by atoms with E-state index in [1.165, 1.54) is 13.2 Å². The number of nitro groups is 1. The minimum Gasteiger partial charge on any atom is -0.490 e. The highest BCUT2D eigenvalue weighted by atomic mass is 16.6. The van der Waals surface area contributed by atoms with E-state index in [0.29, 0.717) is 11.6 Å². The van der Waals surface area contributed by atoms with E-state index < -0.39 is 10.9 Å². The van der Waals surface area contributed by atoms with E-state index in [4.69, 9.17) is 9.47 Å². The highest BCUT2D eigenvalue weighted by Gasteiger charge is 2.33. The molecule has 150 valence electrons. The SMILES string of the molecule is COC(=O)c1cc([N+](=O)[O-])c(N[C@H]2C[C@@H](C)CC(C)(C)C2)cc1OC(C)C. The third-order valence-corrected chi connectivity index (χ3v) is 4.81. The van der Waals surface area contributed by atoms with Gasteiger partial charge in [0.05, 0.1) is 18.1 Å². The van der Waals surface area contributed by atoms with Crippen molar-refractivity contribution in [2.45, 2.75) is 66.0 Å². The first-order chi connectivity index (χ1) is 12.5. The molecular formula is C20H30N2O5. The molecule has 0 aliphatic heterocycles. The van der Waals surface area contributed by atoms with Crippen LogP contribution in [0.3, 0.4) is 0 Å². The average Bonchev–Trinajstić information content (AvgIpc) is 2.51. The normalized spacial score (nSPS) is 21.6. The van der Waals surface area contributed by atoms with Gasteiger partial charge in [0, 0.05) is 18.2 Å². The molecule has 0 spiro atoms. The molecule has 7 heteroatoms. The van der Waals surface area contributed by atoms with Crippen LogP contribution in [0.1, 0.15) is 64.2 Å². The summed E-state index contributed by atoms with van der Waals surface area (Å²) in [4.78, 5) is 23.2. The zero-order valence-electron chi connectivity index (χ0n) is 17.0. The molecule has 0 aromatic heterocycles. The molecule has 7 nitrogen and oxygen atoms in total. The van der Waals surface area contributed by atoms with Crippen LogP contribution in [-0.2, 0) is 4.74 Å². The summed E-state index contributed by atoms with van der Waals surface area (Å²) in [5.41, 5.74) is 0.453. The van der Waals surface area contributed by atoms with E-state index in [-0.39, 0.29) is 34.6 Å². The van der Waals surface area contributed by atoms with Crippen LogP contribution in [0.2, 0.25) is 0 Å². The smallest absolute Gasteiger partial charge is 0.341 e. The number of rotatable bonds is 6. The molecule has 0 unspecified atom stereocenters. The Morgan fingerprint density at radius 2 is 2.00 bits per heavy atom. The van der Waals surface area contributed by atoms with Crippen LogP contribution < -0.4 is 10.1 Å². The molecule has 1 aromatic carbocycles. The van der Waals surface area contributed by atoms with Crippen LogP contribution in [0.4, 0.5) is 11.4 Å². The third-order valence-electron chi connectivity index (χ3n) is 4.81. The number of nitro benzene ring substituents is 1. The Morgan fingerprint density at radius 1 is 1.33 bits per heavy atom. The van der Waals surface area contributed by atoms with Crippen LogP contribution >= 0.6 is 0 Å². The van der Waals surface area contributed by atoms with E-state index in [1.54, 1.807) is 6.07 Å². The molecule has 27 heavy (non-hydrogen) atoms. The number of carbonyl (C=O) groups is 1. The second-order valence-corrected chi connectivity index (χ2v) is 8.54. The van der Waals surface area contributed by atoms with Gasteiger partial charge in [0.2, 0.25) is 0 Å². The molecule has 1 aromatic rings. The lowest BCUT2D eigenvalue weighted by Gasteiger charge is -2.39. The van der Waals surface area contributed by atoms with Gasteiger partial charge in [0.15, 0.2) is 0 Å². The zero-order valence-corrected chi connectivity index (χ0v) is 17.0. The fourth-order valence-corrected chi connectivity index (χ4v) is 4.13. The lowest BCUT2D eigenvalue weighted by molar-refractivity contribution is -0.384. The van der Waals surface area contributed by atoms with Crippen LogP contribution in [0.5, 0.6) is 5.75 Å². The topological polar surface area (TPSA) is 90.7 Å². The summed E-state index contributed by atoms with van der Waals surface area (Å²) in [5, 5.41) is 15.0. The number of hydrogen-bond acceptors (Lipinski definition) is 6. The molecule has 0 saturated heterocycles. The summed E-state index contributed by atoms with van der Waals surface area (Å²) in [5.74, 6) is 0.159. The van der Waals surface area contributed by atoms with Gasteiger partial charge in [-0.1, -0.05) is 20.8 Å². The second-order valence-electron chi connectivity index (χ2n) is 8.54. The number of ether oxygens (including phenoxy) is 2. The molecule has 1 aliphatic carbocycles. The number of nitrogens with one attached hydrogen (secondary N) is 1. The van der Waals surface area contributed by atoms with Gasteiger partial charge in [-0.2, -0.15) is 0 Å². The molecule has 1 aliphatic rings. The molecule has 0 amide bonds. The van der Waals surface area contributed by atoms with Gasteiger partial charge in [0.1, 0.15) is 17.0 Å². The molecule has 1 saturated carbocycles. The van der Waals surface area contributed by atoms with Crippen molar-refractivity contribution in [3.8, 4) is 5.75 Å². The van der Waals surface area contributed by atoms with E-state index >= 15 is 0 Å². The lowest BCUT2D eigenvalue weighted by atomic mass is 9.70. The molecule has 0 radical (unpaired) electrons. The number of nitrogens with zero attached hydrogens (tertiary/aromatic N) is 1. The third kappa shape index (κ3) is 5.34. The Balaban J connectivity index is 2.44. The number of carbonyl (C=O) groups excluding carboxylic acids is 1. The first-order valence-corrected chi connectivity index (χ1v) is 9.36. The van der Waals surface area contributed by atoms with E-state index in [1.807, 2.05) is 13.8 Å². The summed E-state index contributed by atoms with van der Waals surface area (Å²) in [6.07, 6.45) is 2.82. The molecule has 1 N–H and O–H groups in total. The largest absolute Gasteiger partial charge is 0.490 e. The summed E-state index contributed by atoms with van der Waals surface area (Å²) >= 11 is 0. The van der Waals surface area contributed by atoms with Crippen LogP contribution in [0.15, 0.2) is 12.1 Å². The monoisotopic (exact) mass is 378 g/mol. The maximum atomic E-state index is 12.1. The average molecular weight is 378 g/mol. The van der Waals surface area contributed by atoms with Crippen LogP contribution in [0, 0.1) is 21.4 Å². The Kier molecular flexibility index (Phi) is 6.34. The summed E-state index contributed by atoms with van der Waals surface area (Å²) in [6.45, 7) is 10.3. The van der Waals surface area contributed by atoms with Crippen molar-refractivity contribution in [2.24, 2.45) is 11.3 Å². The van der Waals surface area contributed by atoms with Gasteiger partial charge >= 0.3 is 5.97 Å². The summed E-state index contributed by atoms with van der Waals surface area (Å²) in [6, 6.07) is 2.92. The van der Waals surface area contributed by atoms with Crippen LogP contribution in [-0.4, -0.2) is 30.1 Å². The molecule has 2 rings (SSSR count). The fourth-order valence-electron chi connectivity index (χ4n) is 4.13. The first kappa shape index (κ1) is 21.0. The van der Waals surface area contributed by atoms with Crippen molar-refractivity contribution >= 4 is 17.3 Å². The fraction of sp³-hybridized carbons (Fsp3) is 0.650. The summed E-state index contributed by atoms with van der Waals surface area (Å²) in [7, 11) is 1.24. The van der Waals surface area contributed by atoms with E-state index in [0.717, 1.165) is 19.3 Å². The minimum atomic E-state index is -0.660. The van der Waals surface area contributed by atoms with Crippen molar-refractivity contribution in [1.29, 1.82) is 0 Å². The quantitative estimate of drug-likeness (QED) is 0.434. The van der Waals surface area contributed by atoms with Crippen LogP contribution in [0.25, 0.3) is 0 Å². The predicted molar refractivity (Wildman–Crippen MR) is 104 cm³/mol. The van der Waals surface area contributed by atoms with Gasteiger partial charge in [-0.15, -0.1) is 0 Å². The minimum absolute atomic E-state index is 0.0563. The number of esters is 1. The second kappa shape index (κ2) is 8.15. The Hall–Kier alpha value is -2.31. The van der Waals surface area contributed by atoms with E-state index in [9.17, 15) is 14.9 Å². The Morgan fingerprint density at radius 3 is 2.52 bits per heavy atom. The highest BCUT2D eigenvalue weighted by molar-refractivity contribution is 5.94. The Labute approximate surface area is 160 Å². The van der Waals surface area contributed by atoms with Crippen molar-refractivity contribution in [2.75, 3.05) is 12.4 Å². The maximum Gasteiger partial charge on any atom is 0.341 e. The lowest BCUT2D eigenvalue weighted by Crippen LogP contribution is -2.35. The van der Waals surface area contributed by atoms with Crippen molar-refractivity contribution in [3.05, 3.63) is 27.8 Å². The summed E-state index contributed by atoms with van der Waals surface area (Å²) < 4.78 is 10.5. The van der Waals surface area contributed by atoms with Gasteiger partial charge in [-0.25, -0.2) is 4.79 Å². The van der Waals surface area contributed by atoms with Crippen molar-refractivity contribution in [3.63, 3.8) is 0 Å². The van der Waals surface area contributed by atoms with Crippen molar-refractivity contribution in [1.82, 2.24) is 0 Å². The number of benzene rings is 1. The van der Waals surface area contributed by atoms with Gasteiger partial charge in [0.25, 0.3) is 5.69 Å². The number of hydrogen-bond donors (Lipinski definition) is 1. The zero-order chi connectivity index (χ0) is 20.4. The Bertz CT molecular complexity index is 715. The van der Waals surface area contributed by atoms with Crippen molar-refractivity contribution < 1.29 is 19.2 Å². The standard InChI is InChI=1S/C20H30N2O5/c1-12(2)27-18-9-16(17(22(24)25)8-15(18)19(23)26-6)21-14-7-13(3)10-20(4,5)11-14/h8-9,12-14,21H,7,10-11H2,1-6H3/t13-,14+/m1/s1. The maximum absolute atomic E-state index is 12.1. The highest BCUT2D eigenvalue weighted by Crippen LogP contribution is 2.41. The first-order valence-electron chi connectivity index (χ1n) is 9.36.